The van der Waals surface area contributed by atoms with Crippen molar-refractivity contribution in [2.45, 2.75) is 85.7 Å². The number of ether oxygens (including phenoxy) is 1. The minimum atomic E-state index is -0.332. The molecule has 1 aromatic carbocycles. The third-order valence-electron chi connectivity index (χ3n) is 5.48. The largest absolute Gasteiger partial charge is 0.460 e. The summed E-state index contributed by atoms with van der Waals surface area (Å²) in [4.78, 5) is 42.3. The summed E-state index contributed by atoms with van der Waals surface area (Å²) < 4.78 is 11.0. The lowest BCUT2D eigenvalue weighted by molar-refractivity contribution is -0.154. The molecule has 0 saturated heterocycles. The van der Waals surface area contributed by atoms with Gasteiger partial charge in [-0.25, -0.2) is 4.98 Å². The molecule has 2 N–H and O–H groups in total. The molecule has 0 aliphatic heterocycles. The van der Waals surface area contributed by atoms with Gasteiger partial charge in [0.15, 0.2) is 0 Å². The van der Waals surface area contributed by atoms with Crippen molar-refractivity contribution in [1.29, 1.82) is 0 Å². The van der Waals surface area contributed by atoms with E-state index >= 15 is 0 Å². The Morgan fingerprint density at radius 2 is 1.79 bits per heavy atom. The van der Waals surface area contributed by atoms with Crippen LogP contribution in [-0.2, 0) is 14.3 Å². The van der Waals surface area contributed by atoms with Crippen LogP contribution in [0.25, 0.3) is 28.5 Å². The van der Waals surface area contributed by atoms with E-state index in [1.807, 2.05) is 58.0 Å². The van der Waals surface area contributed by atoms with Gasteiger partial charge in [0, 0.05) is 29.7 Å². The predicted molar refractivity (Wildman–Crippen MR) is 152 cm³/mol. The third kappa shape index (κ3) is 9.65. The van der Waals surface area contributed by atoms with Crippen LogP contribution in [-0.4, -0.2) is 34.0 Å². The Balaban J connectivity index is 0.000000332. The Labute approximate surface area is 224 Å². The van der Waals surface area contributed by atoms with Gasteiger partial charge < -0.3 is 19.5 Å². The van der Waals surface area contributed by atoms with E-state index in [1.165, 1.54) is 19.2 Å². The van der Waals surface area contributed by atoms with E-state index in [9.17, 15) is 14.4 Å². The molecule has 0 aliphatic carbocycles. The van der Waals surface area contributed by atoms with Crippen LogP contribution >= 0.6 is 0 Å². The first-order valence-corrected chi connectivity index (χ1v) is 13.3. The van der Waals surface area contributed by atoms with Crippen LogP contribution in [0.1, 0.15) is 85.6 Å². The molecule has 206 valence electrons. The highest BCUT2D eigenvalue weighted by Crippen LogP contribution is 2.32. The van der Waals surface area contributed by atoms with Crippen molar-refractivity contribution in [2.24, 2.45) is 0 Å². The van der Waals surface area contributed by atoms with Gasteiger partial charge in [-0.3, -0.25) is 14.4 Å². The van der Waals surface area contributed by atoms with Gasteiger partial charge in [0.2, 0.25) is 11.6 Å². The van der Waals surface area contributed by atoms with Crippen LogP contribution in [0.3, 0.4) is 0 Å². The van der Waals surface area contributed by atoms with E-state index in [-0.39, 0.29) is 28.8 Å². The molecule has 1 amide bonds. The zero-order valence-electron chi connectivity index (χ0n) is 23.5. The number of carbonyl (C=O) groups excluding carboxylic acids is 2. The molecule has 0 atom stereocenters. The lowest BCUT2D eigenvalue weighted by atomic mass is 10.0. The van der Waals surface area contributed by atoms with Gasteiger partial charge in [-0.2, -0.15) is 0 Å². The molecular formula is C30H41N3O5. The van der Waals surface area contributed by atoms with Crippen molar-refractivity contribution in [2.75, 3.05) is 6.54 Å². The van der Waals surface area contributed by atoms with Crippen molar-refractivity contribution >= 4 is 29.1 Å². The standard InChI is InChI=1S/C19H19N3O3.C11H22O2/c1-3-9-20-17(23)12(2)10-14-15-18(24)21-11-22-19(15)25-16(14)13-7-5-4-6-8-13;1-5-6-7-8-9-10(12)13-11(2,3)4/h4-8,10-11H,3,9H2,1-2H3,(H,20,23)(H,21,22,24);5-9H2,1-4H3/b12-10+;. The second-order valence-corrected chi connectivity index (χ2v) is 10.1. The molecule has 0 spiro atoms. The minimum Gasteiger partial charge on any atom is -0.460 e. The van der Waals surface area contributed by atoms with Gasteiger partial charge in [0.05, 0.1) is 6.33 Å². The summed E-state index contributed by atoms with van der Waals surface area (Å²) in [5, 5.41) is 3.16. The number of nitrogens with zero attached hydrogens (tertiary/aromatic N) is 1. The van der Waals surface area contributed by atoms with Crippen LogP contribution in [0.2, 0.25) is 0 Å². The van der Waals surface area contributed by atoms with E-state index in [2.05, 4.69) is 22.2 Å². The molecule has 38 heavy (non-hydrogen) atoms. The number of carbonyl (C=O) groups is 2. The van der Waals surface area contributed by atoms with Gasteiger partial charge in [-0.1, -0.05) is 63.4 Å². The second-order valence-electron chi connectivity index (χ2n) is 10.1. The third-order valence-corrected chi connectivity index (χ3v) is 5.48. The first kappa shape index (κ1) is 30.5. The van der Waals surface area contributed by atoms with Crippen LogP contribution in [0.4, 0.5) is 0 Å². The summed E-state index contributed by atoms with van der Waals surface area (Å²) in [5.41, 5.74) is 1.48. The number of rotatable bonds is 10. The first-order chi connectivity index (χ1) is 18.1. The van der Waals surface area contributed by atoms with Crippen molar-refractivity contribution < 1.29 is 18.7 Å². The molecule has 0 fully saturated rings. The van der Waals surface area contributed by atoms with Crippen molar-refractivity contribution in [1.82, 2.24) is 15.3 Å². The fourth-order valence-corrected chi connectivity index (χ4v) is 3.65. The Morgan fingerprint density at radius 3 is 2.42 bits per heavy atom. The molecule has 0 saturated carbocycles. The van der Waals surface area contributed by atoms with Crippen molar-refractivity contribution in [3.63, 3.8) is 0 Å². The summed E-state index contributed by atoms with van der Waals surface area (Å²) in [6.07, 6.45) is 8.91. The normalized spacial score (nSPS) is 11.6. The Bertz CT molecular complexity index is 1270. The highest BCUT2D eigenvalue weighted by Gasteiger charge is 2.19. The summed E-state index contributed by atoms with van der Waals surface area (Å²) in [6, 6.07) is 9.44. The van der Waals surface area contributed by atoms with E-state index < -0.39 is 0 Å². The Morgan fingerprint density at radius 1 is 1.08 bits per heavy atom. The maximum absolute atomic E-state index is 12.3. The average Bonchev–Trinajstić information content (AvgIpc) is 3.24. The lowest BCUT2D eigenvalue weighted by Crippen LogP contribution is -2.24. The smallest absolute Gasteiger partial charge is 0.306 e. The molecule has 0 aliphatic rings. The van der Waals surface area contributed by atoms with E-state index in [0.717, 1.165) is 24.8 Å². The Kier molecular flexibility index (Phi) is 12.0. The summed E-state index contributed by atoms with van der Waals surface area (Å²) in [7, 11) is 0. The molecule has 3 rings (SSSR count). The van der Waals surface area contributed by atoms with Crippen LogP contribution in [0.5, 0.6) is 0 Å². The molecule has 2 aromatic heterocycles. The first-order valence-electron chi connectivity index (χ1n) is 13.3. The summed E-state index contributed by atoms with van der Waals surface area (Å²) >= 11 is 0. The second kappa shape index (κ2) is 14.9. The fourth-order valence-electron chi connectivity index (χ4n) is 3.65. The molecule has 3 aromatic rings. The topological polar surface area (TPSA) is 114 Å². The van der Waals surface area contributed by atoms with E-state index in [1.54, 1.807) is 13.0 Å². The number of esters is 1. The predicted octanol–water partition coefficient (Wildman–Crippen LogP) is 6.41. The molecule has 8 heteroatoms. The Hall–Kier alpha value is -3.68. The lowest BCUT2D eigenvalue weighted by Gasteiger charge is -2.19. The molecule has 0 unspecified atom stereocenters. The monoisotopic (exact) mass is 523 g/mol. The van der Waals surface area contributed by atoms with Crippen LogP contribution in [0.15, 0.2) is 51.4 Å². The summed E-state index contributed by atoms with van der Waals surface area (Å²) in [5.74, 6) is 0.279. The van der Waals surface area contributed by atoms with Crippen LogP contribution < -0.4 is 10.9 Å². The zero-order chi connectivity index (χ0) is 28.1. The molecular weight excluding hydrogens is 482 g/mol. The number of hydrogen-bond donors (Lipinski definition) is 2. The van der Waals surface area contributed by atoms with Gasteiger partial charge >= 0.3 is 5.97 Å². The number of aromatic nitrogens is 2. The molecule has 0 bridgehead atoms. The fraction of sp³-hybridized carbons (Fsp3) is 0.467. The maximum Gasteiger partial charge on any atom is 0.306 e. The number of H-pyrrole nitrogens is 1. The van der Waals surface area contributed by atoms with Gasteiger partial charge in [0.25, 0.3) is 5.56 Å². The summed E-state index contributed by atoms with van der Waals surface area (Å²) in [6.45, 7) is 12.2. The van der Waals surface area contributed by atoms with Gasteiger partial charge in [-0.15, -0.1) is 0 Å². The molecule has 8 nitrogen and oxygen atoms in total. The average molecular weight is 524 g/mol. The number of unbranched alkanes of at least 4 members (excludes halogenated alkanes) is 3. The number of benzene rings is 1. The minimum absolute atomic E-state index is 0.0661. The van der Waals surface area contributed by atoms with Gasteiger partial charge in [0.1, 0.15) is 16.7 Å². The van der Waals surface area contributed by atoms with Crippen LogP contribution in [0, 0.1) is 0 Å². The van der Waals surface area contributed by atoms with E-state index in [4.69, 9.17) is 9.15 Å². The molecule has 0 radical (unpaired) electrons. The number of hydrogen-bond acceptors (Lipinski definition) is 6. The SMILES string of the molecule is CCCCCCC(=O)OC(C)(C)C.CCCNC(=O)/C(C)=C/c1c(-c2ccccc2)oc2nc[nH]c(=O)c12. The number of amides is 1. The van der Waals surface area contributed by atoms with Gasteiger partial charge in [-0.05, 0) is 46.6 Å². The highest BCUT2D eigenvalue weighted by atomic mass is 16.6. The van der Waals surface area contributed by atoms with Crippen molar-refractivity contribution in [3.8, 4) is 11.3 Å². The highest BCUT2D eigenvalue weighted by molar-refractivity contribution is 6.01. The number of aromatic amines is 1. The maximum atomic E-state index is 12.3. The van der Waals surface area contributed by atoms with E-state index in [0.29, 0.717) is 35.2 Å². The quantitative estimate of drug-likeness (QED) is 0.180. The zero-order valence-corrected chi connectivity index (χ0v) is 23.5. The number of furan rings is 1. The number of fused-ring (bicyclic) bond motifs is 1. The van der Waals surface area contributed by atoms with Crippen molar-refractivity contribution in [3.05, 3.63) is 58.1 Å². The number of nitrogens with one attached hydrogen (secondary N) is 2. The molecule has 2 heterocycles.